The largest absolute Gasteiger partial charge is 0.481 e. The topological polar surface area (TPSA) is 88.5 Å². The van der Waals surface area contributed by atoms with Crippen LogP contribution in [0.15, 0.2) is 48.7 Å². The van der Waals surface area contributed by atoms with Crippen LogP contribution in [0.4, 0.5) is 0 Å². The molecule has 2 rings (SSSR count). The molecule has 2 aromatic rings. The molecule has 1 aromatic carbocycles. The summed E-state index contributed by atoms with van der Waals surface area (Å²) in [6.07, 6.45) is 1.33. The molecule has 1 atom stereocenters. The first-order valence-electron chi connectivity index (χ1n) is 6.20. The molecule has 1 amide bonds. The lowest BCUT2D eigenvalue weighted by atomic mass is 10.1. The normalized spacial score (nSPS) is 11.5. The number of nitrogens with zero attached hydrogens (tertiary/aromatic N) is 1. The number of nitrogens with one attached hydrogen (secondary N) is 1. The molecule has 0 aliphatic carbocycles. The Hall–Kier alpha value is -2.89. The monoisotopic (exact) mass is 286 g/mol. The van der Waals surface area contributed by atoms with Gasteiger partial charge in [0.2, 0.25) is 5.88 Å². The van der Waals surface area contributed by atoms with E-state index in [9.17, 15) is 14.7 Å². The number of carboxylic acids is 1. The summed E-state index contributed by atoms with van der Waals surface area (Å²) in [5.41, 5.74) is 0.762. The molecular weight excluding hydrogens is 272 g/mol. The van der Waals surface area contributed by atoms with Crippen molar-refractivity contribution in [3.8, 4) is 5.88 Å². The zero-order chi connectivity index (χ0) is 15.2. The van der Waals surface area contributed by atoms with Gasteiger partial charge in [-0.25, -0.2) is 9.78 Å². The molecule has 6 heteroatoms. The van der Waals surface area contributed by atoms with Crippen molar-refractivity contribution < 1.29 is 19.4 Å². The van der Waals surface area contributed by atoms with Crippen molar-refractivity contribution >= 4 is 11.9 Å². The van der Waals surface area contributed by atoms with Crippen LogP contribution in [0.2, 0.25) is 0 Å². The van der Waals surface area contributed by atoms with Crippen molar-refractivity contribution in [2.45, 2.75) is 6.04 Å². The average Bonchev–Trinajstić information content (AvgIpc) is 2.53. The molecule has 0 bridgehead atoms. The van der Waals surface area contributed by atoms with Crippen LogP contribution in [-0.2, 0) is 4.79 Å². The molecule has 0 spiro atoms. The molecule has 21 heavy (non-hydrogen) atoms. The third-order valence-corrected chi connectivity index (χ3v) is 2.86. The number of ether oxygens (including phenoxy) is 1. The van der Waals surface area contributed by atoms with E-state index in [1.54, 1.807) is 30.3 Å². The van der Waals surface area contributed by atoms with Gasteiger partial charge in [0.05, 0.1) is 12.7 Å². The van der Waals surface area contributed by atoms with Gasteiger partial charge >= 0.3 is 5.97 Å². The van der Waals surface area contributed by atoms with Crippen molar-refractivity contribution in [1.82, 2.24) is 10.3 Å². The standard InChI is InChI=1S/C15H14N2O4/c1-21-12-8-7-11(9-16-12)14(18)17-13(15(19)20)10-5-3-2-4-6-10/h2-9,13H,1H3,(H,17,18)(H,19,20). The lowest BCUT2D eigenvalue weighted by Crippen LogP contribution is -2.33. The van der Waals surface area contributed by atoms with E-state index in [4.69, 9.17) is 4.74 Å². The van der Waals surface area contributed by atoms with E-state index in [0.717, 1.165) is 0 Å². The Morgan fingerprint density at radius 3 is 2.43 bits per heavy atom. The molecule has 1 unspecified atom stereocenters. The predicted molar refractivity (Wildman–Crippen MR) is 75.1 cm³/mol. The summed E-state index contributed by atoms with van der Waals surface area (Å²) in [6, 6.07) is 10.4. The maximum absolute atomic E-state index is 12.1. The van der Waals surface area contributed by atoms with Gasteiger partial charge in [0.15, 0.2) is 6.04 Å². The molecule has 0 saturated carbocycles. The predicted octanol–water partition coefficient (Wildman–Crippen LogP) is 1.65. The molecule has 2 N–H and O–H groups in total. The maximum atomic E-state index is 12.1. The molecule has 1 heterocycles. The maximum Gasteiger partial charge on any atom is 0.330 e. The van der Waals surface area contributed by atoms with E-state index in [1.807, 2.05) is 0 Å². The first-order chi connectivity index (χ1) is 10.1. The van der Waals surface area contributed by atoms with Gasteiger partial charge in [-0.1, -0.05) is 30.3 Å². The van der Waals surface area contributed by atoms with E-state index >= 15 is 0 Å². The number of aliphatic carboxylic acids is 1. The van der Waals surface area contributed by atoms with Gasteiger partial charge in [0.25, 0.3) is 5.91 Å². The van der Waals surface area contributed by atoms with Crippen LogP contribution < -0.4 is 10.1 Å². The number of aromatic nitrogens is 1. The van der Waals surface area contributed by atoms with Gasteiger partial charge in [-0.05, 0) is 11.6 Å². The summed E-state index contributed by atoms with van der Waals surface area (Å²) in [5, 5.41) is 11.7. The van der Waals surface area contributed by atoms with E-state index < -0.39 is 17.9 Å². The fourth-order valence-corrected chi connectivity index (χ4v) is 1.78. The second kappa shape index (κ2) is 6.51. The summed E-state index contributed by atoms with van der Waals surface area (Å²) in [6.45, 7) is 0. The van der Waals surface area contributed by atoms with Gasteiger partial charge in [0.1, 0.15) is 0 Å². The molecule has 0 aliphatic rings. The highest BCUT2D eigenvalue weighted by molar-refractivity contribution is 5.96. The fraction of sp³-hybridized carbons (Fsp3) is 0.133. The van der Waals surface area contributed by atoms with Gasteiger partial charge < -0.3 is 15.2 Å². The first-order valence-corrected chi connectivity index (χ1v) is 6.20. The van der Waals surface area contributed by atoms with Crippen LogP contribution in [0.3, 0.4) is 0 Å². The summed E-state index contributed by atoms with van der Waals surface area (Å²) in [5.74, 6) is -1.26. The van der Waals surface area contributed by atoms with Crippen molar-refractivity contribution in [1.29, 1.82) is 0 Å². The molecule has 1 aromatic heterocycles. The second-order valence-corrected chi connectivity index (χ2v) is 4.24. The van der Waals surface area contributed by atoms with Crippen LogP contribution in [0.25, 0.3) is 0 Å². The lowest BCUT2D eigenvalue weighted by molar-refractivity contribution is -0.139. The molecule has 0 radical (unpaired) electrons. The smallest absolute Gasteiger partial charge is 0.330 e. The van der Waals surface area contributed by atoms with Crippen LogP contribution in [0, 0.1) is 0 Å². The molecule has 0 saturated heterocycles. The Morgan fingerprint density at radius 2 is 1.90 bits per heavy atom. The summed E-state index contributed by atoms with van der Waals surface area (Å²) in [7, 11) is 1.47. The number of hydrogen-bond donors (Lipinski definition) is 2. The zero-order valence-electron chi connectivity index (χ0n) is 11.3. The number of carbonyl (C=O) groups is 2. The Kier molecular flexibility index (Phi) is 4.50. The number of hydrogen-bond acceptors (Lipinski definition) is 4. The van der Waals surface area contributed by atoms with Gasteiger partial charge in [-0.2, -0.15) is 0 Å². The van der Waals surface area contributed by atoms with Crippen LogP contribution in [-0.4, -0.2) is 29.1 Å². The fourth-order valence-electron chi connectivity index (χ4n) is 1.78. The average molecular weight is 286 g/mol. The number of rotatable bonds is 5. The van der Waals surface area contributed by atoms with E-state index in [2.05, 4.69) is 10.3 Å². The number of methoxy groups -OCH3 is 1. The lowest BCUT2D eigenvalue weighted by Gasteiger charge is -2.14. The highest BCUT2D eigenvalue weighted by Gasteiger charge is 2.22. The SMILES string of the molecule is COc1ccc(C(=O)NC(C(=O)O)c2ccccc2)cn1. The Bertz CT molecular complexity index is 626. The van der Waals surface area contributed by atoms with Crippen LogP contribution in [0.1, 0.15) is 22.0 Å². The zero-order valence-corrected chi connectivity index (χ0v) is 11.3. The Balaban J connectivity index is 2.16. The summed E-state index contributed by atoms with van der Waals surface area (Å²) >= 11 is 0. The Morgan fingerprint density at radius 1 is 1.19 bits per heavy atom. The minimum absolute atomic E-state index is 0.262. The van der Waals surface area contributed by atoms with E-state index in [0.29, 0.717) is 11.4 Å². The summed E-state index contributed by atoms with van der Waals surface area (Å²) in [4.78, 5) is 27.3. The van der Waals surface area contributed by atoms with Crippen LogP contribution >= 0.6 is 0 Å². The second-order valence-electron chi connectivity index (χ2n) is 4.24. The molecule has 6 nitrogen and oxygen atoms in total. The number of carboxylic acid groups (broad SMARTS) is 1. The van der Waals surface area contributed by atoms with E-state index in [-0.39, 0.29) is 5.56 Å². The van der Waals surface area contributed by atoms with Gasteiger partial charge in [0, 0.05) is 12.3 Å². The third kappa shape index (κ3) is 3.56. The number of amides is 1. The third-order valence-electron chi connectivity index (χ3n) is 2.86. The molecular formula is C15H14N2O4. The van der Waals surface area contributed by atoms with Crippen LogP contribution in [0.5, 0.6) is 5.88 Å². The van der Waals surface area contributed by atoms with Gasteiger partial charge in [-0.15, -0.1) is 0 Å². The number of carbonyl (C=O) groups excluding carboxylic acids is 1. The highest BCUT2D eigenvalue weighted by Crippen LogP contribution is 2.14. The Labute approximate surface area is 121 Å². The number of benzene rings is 1. The van der Waals surface area contributed by atoms with E-state index in [1.165, 1.54) is 25.4 Å². The van der Waals surface area contributed by atoms with Gasteiger partial charge in [-0.3, -0.25) is 4.79 Å². The minimum atomic E-state index is -1.13. The highest BCUT2D eigenvalue weighted by atomic mass is 16.5. The molecule has 108 valence electrons. The number of pyridine rings is 1. The van der Waals surface area contributed by atoms with Crippen molar-refractivity contribution in [3.05, 3.63) is 59.8 Å². The van der Waals surface area contributed by atoms with Crippen molar-refractivity contribution in [2.24, 2.45) is 0 Å². The first kappa shape index (κ1) is 14.5. The van der Waals surface area contributed by atoms with Crippen molar-refractivity contribution in [2.75, 3.05) is 7.11 Å². The van der Waals surface area contributed by atoms with Crippen molar-refractivity contribution in [3.63, 3.8) is 0 Å². The summed E-state index contributed by atoms with van der Waals surface area (Å²) < 4.78 is 4.90. The molecule has 0 fully saturated rings. The quantitative estimate of drug-likeness (QED) is 0.872. The molecule has 0 aliphatic heterocycles. The minimum Gasteiger partial charge on any atom is -0.481 e.